The number of aryl methyl sites for hydroxylation is 2. The Morgan fingerprint density at radius 2 is 1.42 bits per heavy atom. The van der Waals surface area contributed by atoms with Crippen LogP contribution in [0.4, 0.5) is 0 Å². The summed E-state index contributed by atoms with van der Waals surface area (Å²) in [5.41, 5.74) is 5.19. The van der Waals surface area contributed by atoms with Gasteiger partial charge in [0.1, 0.15) is 6.04 Å². The van der Waals surface area contributed by atoms with Crippen molar-refractivity contribution < 1.29 is 9.59 Å². The Morgan fingerprint density at radius 1 is 0.833 bits per heavy atom. The van der Waals surface area contributed by atoms with Crippen molar-refractivity contribution in [3.63, 3.8) is 0 Å². The molecule has 0 aromatic heterocycles. The normalized spacial score (nSPS) is 12.1. The molecular formula is C31H38N2O2S. The summed E-state index contributed by atoms with van der Waals surface area (Å²) >= 11 is 1.59. The van der Waals surface area contributed by atoms with Crippen molar-refractivity contribution in [3.05, 3.63) is 107 Å². The highest BCUT2D eigenvalue weighted by molar-refractivity contribution is 7.99. The van der Waals surface area contributed by atoms with E-state index in [-0.39, 0.29) is 11.8 Å². The van der Waals surface area contributed by atoms with Gasteiger partial charge in [-0.1, -0.05) is 90.0 Å². The average Bonchev–Trinajstić information content (AvgIpc) is 2.81. The van der Waals surface area contributed by atoms with E-state index in [2.05, 4.69) is 36.5 Å². The monoisotopic (exact) mass is 502 g/mol. The summed E-state index contributed by atoms with van der Waals surface area (Å²) in [6.07, 6.45) is 0.461. The van der Waals surface area contributed by atoms with E-state index in [1.807, 2.05) is 82.3 Å². The Morgan fingerprint density at radius 3 is 2.03 bits per heavy atom. The summed E-state index contributed by atoms with van der Waals surface area (Å²) in [6, 6.07) is 25.8. The summed E-state index contributed by atoms with van der Waals surface area (Å²) in [4.78, 5) is 29.1. The van der Waals surface area contributed by atoms with Gasteiger partial charge < -0.3 is 10.2 Å². The van der Waals surface area contributed by atoms with Crippen LogP contribution < -0.4 is 5.32 Å². The molecule has 0 aliphatic heterocycles. The zero-order chi connectivity index (χ0) is 26.1. The molecule has 0 saturated heterocycles. The molecule has 36 heavy (non-hydrogen) atoms. The van der Waals surface area contributed by atoms with Gasteiger partial charge in [-0.3, -0.25) is 9.59 Å². The SMILES string of the molecule is Cc1cccc(CSCC(=O)N(Cc2cccc(C)c2)[C@@H](Cc2ccccc2)C(=O)NC(C)(C)C)c1. The van der Waals surface area contributed by atoms with Gasteiger partial charge in [0.25, 0.3) is 0 Å². The Hall–Kier alpha value is -3.05. The Kier molecular flexibility index (Phi) is 9.77. The van der Waals surface area contributed by atoms with Crippen molar-refractivity contribution in [3.8, 4) is 0 Å². The van der Waals surface area contributed by atoms with E-state index in [9.17, 15) is 9.59 Å². The van der Waals surface area contributed by atoms with E-state index in [1.165, 1.54) is 11.1 Å². The van der Waals surface area contributed by atoms with Crippen LogP contribution in [0.5, 0.6) is 0 Å². The lowest BCUT2D eigenvalue weighted by atomic mass is 10.0. The topological polar surface area (TPSA) is 49.4 Å². The number of nitrogens with one attached hydrogen (secondary N) is 1. The lowest BCUT2D eigenvalue weighted by molar-refractivity contribution is -0.140. The van der Waals surface area contributed by atoms with Crippen molar-refractivity contribution in [1.82, 2.24) is 10.2 Å². The maximum absolute atomic E-state index is 13.7. The van der Waals surface area contributed by atoms with Crippen LogP contribution in [-0.4, -0.2) is 34.0 Å². The van der Waals surface area contributed by atoms with Gasteiger partial charge in [0.15, 0.2) is 0 Å². The van der Waals surface area contributed by atoms with Crippen molar-refractivity contribution in [2.75, 3.05) is 5.75 Å². The van der Waals surface area contributed by atoms with Crippen LogP contribution in [0.1, 0.15) is 48.6 Å². The molecule has 0 fully saturated rings. The minimum absolute atomic E-state index is 0.0286. The molecule has 0 aliphatic rings. The maximum Gasteiger partial charge on any atom is 0.243 e. The van der Waals surface area contributed by atoms with Gasteiger partial charge in [0, 0.05) is 24.3 Å². The predicted octanol–water partition coefficient (Wildman–Crippen LogP) is 6.09. The molecule has 3 rings (SSSR count). The number of carbonyl (C=O) groups excluding carboxylic acids is 2. The van der Waals surface area contributed by atoms with Crippen molar-refractivity contribution in [2.24, 2.45) is 0 Å². The largest absolute Gasteiger partial charge is 0.350 e. The van der Waals surface area contributed by atoms with Crippen LogP contribution in [0.3, 0.4) is 0 Å². The number of thioether (sulfide) groups is 1. The summed E-state index contributed by atoms with van der Waals surface area (Å²) < 4.78 is 0. The molecule has 190 valence electrons. The highest BCUT2D eigenvalue weighted by atomic mass is 32.2. The number of hydrogen-bond donors (Lipinski definition) is 1. The highest BCUT2D eigenvalue weighted by Crippen LogP contribution is 2.20. The van der Waals surface area contributed by atoms with Gasteiger partial charge in [0.2, 0.25) is 11.8 Å². The smallest absolute Gasteiger partial charge is 0.243 e. The third kappa shape index (κ3) is 8.87. The van der Waals surface area contributed by atoms with E-state index in [4.69, 9.17) is 0 Å². The first kappa shape index (κ1) is 27.5. The zero-order valence-corrected chi connectivity index (χ0v) is 22.9. The third-order valence-corrected chi connectivity index (χ3v) is 6.77. The van der Waals surface area contributed by atoms with Crippen molar-refractivity contribution >= 4 is 23.6 Å². The zero-order valence-electron chi connectivity index (χ0n) is 22.1. The molecule has 3 aromatic rings. The molecule has 0 unspecified atom stereocenters. The van der Waals surface area contributed by atoms with Crippen LogP contribution in [0.25, 0.3) is 0 Å². The van der Waals surface area contributed by atoms with Crippen LogP contribution >= 0.6 is 11.8 Å². The van der Waals surface area contributed by atoms with E-state index >= 15 is 0 Å². The number of nitrogens with zero attached hydrogens (tertiary/aromatic N) is 1. The molecular weight excluding hydrogens is 464 g/mol. The summed E-state index contributed by atoms with van der Waals surface area (Å²) in [7, 11) is 0. The predicted molar refractivity (Wildman–Crippen MR) is 151 cm³/mol. The second-order valence-corrected chi connectivity index (χ2v) is 11.4. The van der Waals surface area contributed by atoms with Gasteiger partial charge in [-0.2, -0.15) is 0 Å². The quantitative estimate of drug-likeness (QED) is 0.365. The molecule has 0 heterocycles. The Balaban J connectivity index is 1.87. The van der Waals surface area contributed by atoms with E-state index < -0.39 is 11.6 Å². The fourth-order valence-electron chi connectivity index (χ4n) is 4.16. The summed E-state index contributed by atoms with van der Waals surface area (Å²) in [6.45, 7) is 10.4. The second-order valence-electron chi connectivity index (χ2n) is 10.4. The molecule has 0 aliphatic carbocycles. The van der Waals surface area contributed by atoms with E-state index in [1.54, 1.807) is 16.7 Å². The first-order valence-corrected chi connectivity index (χ1v) is 13.6. The third-order valence-electron chi connectivity index (χ3n) is 5.78. The molecule has 5 heteroatoms. The van der Waals surface area contributed by atoms with Crippen LogP contribution in [-0.2, 0) is 28.3 Å². The van der Waals surface area contributed by atoms with Gasteiger partial charge in [-0.05, 0) is 51.3 Å². The first-order valence-electron chi connectivity index (χ1n) is 12.4. The molecule has 0 spiro atoms. The van der Waals surface area contributed by atoms with Gasteiger partial charge in [-0.15, -0.1) is 11.8 Å². The van der Waals surface area contributed by atoms with Crippen molar-refractivity contribution in [2.45, 2.75) is 64.9 Å². The molecule has 1 atom stereocenters. The Labute approximate surface area is 220 Å². The molecule has 0 bridgehead atoms. The lowest BCUT2D eigenvalue weighted by Crippen LogP contribution is -2.54. The standard InChI is InChI=1S/C31H38N2O2S/c1-23-11-9-15-26(17-23)20-33(29(34)22-36-21-27-16-10-12-24(2)18-27)28(30(35)32-31(3,4)5)19-25-13-7-6-8-14-25/h6-18,28H,19-22H2,1-5H3,(H,32,35)/t28-/m0/s1. The van der Waals surface area contributed by atoms with Crippen LogP contribution in [0, 0.1) is 13.8 Å². The summed E-state index contributed by atoms with van der Waals surface area (Å²) in [5.74, 6) is 0.909. The molecule has 3 aromatic carbocycles. The van der Waals surface area contributed by atoms with Gasteiger partial charge in [-0.25, -0.2) is 0 Å². The summed E-state index contributed by atoms with van der Waals surface area (Å²) in [5, 5.41) is 3.12. The molecule has 1 N–H and O–H groups in total. The van der Waals surface area contributed by atoms with Crippen molar-refractivity contribution in [1.29, 1.82) is 0 Å². The number of amides is 2. The second kappa shape index (κ2) is 12.8. The van der Waals surface area contributed by atoms with E-state index in [0.717, 1.165) is 22.4 Å². The molecule has 2 amide bonds. The average molecular weight is 503 g/mol. The molecule has 4 nitrogen and oxygen atoms in total. The number of rotatable bonds is 10. The minimum Gasteiger partial charge on any atom is -0.350 e. The van der Waals surface area contributed by atoms with Gasteiger partial charge >= 0.3 is 0 Å². The minimum atomic E-state index is -0.612. The van der Waals surface area contributed by atoms with Crippen LogP contribution in [0.15, 0.2) is 78.9 Å². The highest BCUT2D eigenvalue weighted by Gasteiger charge is 2.32. The lowest BCUT2D eigenvalue weighted by Gasteiger charge is -2.34. The molecule has 0 saturated carbocycles. The van der Waals surface area contributed by atoms with E-state index in [0.29, 0.717) is 18.7 Å². The fraction of sp³-hybridized carbons (Fsp3) is 0.355. The number of carbonyl (C=O) groups is 2. The number of benzene rings is 3. The fourth-order valence-corrected chi connectivity index (χ4v) is 5.01. The maximum atomic E-state index is 13.7. The first-order chi connectivity index (χ1) is 17.1. The molecule has 0 radical (unpaired) electrons. The van der Waals surface area contributed by atoms with Gasteiger partial charge in [0.05, 0.1) is 5.75 Å². The van der Waals surface area contributed by atoms with Crippen LogP contribution in [0.2, 0.25) is 0 Å². The number of hydrogen-bond acceptors (Lipinski definition) is 3. The Bertz CT molecular complexity index is 1150.